The maximum atomic E-state index is 14.8. The number of carbonyl (C=O) groups excluding carboxylic acids is 1. The van der Waals surface area contributed by atoms with E-state index in [9.17, 15) is 14.0 Å². The van der Waals surface area contributed by atoms with Crippen molar-refractivity contribution in [1.29, 1.82) is 0 Å². The average molecular weight is 332 g/mol. The van der Waals surface area contributed by atoms with Crippen LogP contribution in [-0.2, 0) is 4.74 Å². The van der Waals surface area contributed by atoms with Crippen LogP contribution in [0.1, 0.15) is 38.8 Å². The molecule has 3 rings (SSSR count). The molecule has 1 saturated heterocycles. The van der Waals surface area contributed by atoms with Crippen molar-refractivity contribution in [2.45, 2.75) is 38.7 Å². The number of aromatic nitrogens is 1. The van der Waals surface area contributed by atoms with Gasteiger partial charge in [-0.3, -0.25) is 4.79 Å². The predicted octanol–water partition coefficient (Wildman–Crippen LogP) is 3.39. The highest BCUT2D eigenvalue weighted by Gasteiger charge is 2.32. The first-order valence-corrected chi connectivity index (χ1v) is 8.04. The topological polar surface area (TPSA) is 62.4 Å². The lowest BCUT2D eigenvalue weighted by molar-refractivity contribution is 0.0292. The quantitative estimate of drug-likeness (QED) is 0.871. The van der Waals surface area contributed by atoms with Crippen molar-refractivity contribution in [1.82, 2.24) is 9.88 Å². The predicted molar refractivity (Wildman–Crippen MR) is 89.7 cm³/mol. The third kappa shape index (κ3) is 3.13. The summed E-state index contributed by atoms with van der Waals surface area (Å²) in [6.45, 7) is 6.23. The summed E-state index contributed by atoms with van der Waals surface area (Å²) in [6.07, 6.45) is 0.179. The standard InChI is InChI=1S/C18H21FN2O3/c1-18(2,3)24-17(23)21-9-8-11(10-21)15-14(19)12-6-4-5-7-13(12)16(22)20-15/h4-7,11H,8-10H2,1-3H3,(H,20,22). The van der Waals surface area contributed by atoms with E-state index in [0.29, 0.717) is 30.3 Å². The average Bonchev–Trinajstić information content (AvgIpc) is 2.99. The number of hydrogen-bond donors (Lipinski definition) is 1. The lowest BCUT2D eigenvalue weighted by Gasteiger charge is -2.24. The number of amides is 1. The molecular formula is C18H21FN2O3. The largest absolute Gasteiger partial charge is 0.444 e. The summed E-state index contributed by atoms with van der Waals surface area (Å²) >= 11 is 0. The van der Waals surface area contributed by atoms with Crippen LogP contribution in [0.4, 0.5) is 9.18 Å². The summed E-state index contributed by atoms with van der Waals surface area (Å²) in [7, 11) is 0. The van der Waals surface area contributed by atoms with E-state index in [1.807, 2.05) is 0 Å². The van der Waals surface area contributed by atoms with Crippen molar-refractivity contribution in [3.8, 4) is 0 Å². The van der Waals surface area contributed by atoms with Gasteiger partial charge in [-0.2, -0.15) is 0 Å². The van der Waals surface area contributed by atoms with Gasteiger partial charge in [-0.05, 0) is 33.3 Å². The van der Waals surface area contributed by atoms with Gasteiger partial charge in [-0.15, -0.1) is 0 Å². The van der Waals surface area contributed by atoms with E-state index in [4.69, 9.17) is 4.74 Å². The van der Waals surface area contributed by atoms with E-state index < -0.39 is 17.5 Å². The maximum absolute atomic E-state index is 14.8. The van der Waals surface area contributed by atoms with Crippen LogP contribution in [0, 0.1) is 5.82 Å². The molecule has 0 bridgehead atoms. The summed E-state index contributed by atoms with van der Waals surface area (Å²) in [5.41, 5.74) is -0.611. The van der Waals surface area contributed by atoms with Gasteiger partial charge >= 0.3 is 6.09 Å². The molecule has 1 aliphatic heterocycles. The first-order valence-electron chi connectivity index (χ1n) is 8.04. The zero-order valence-corrected chi connectivity index (χ0v) is 14.1. The summed E-state index contributed by atoms with van der Waals surface area (Å²) in [5, 5.41) is 0.646. The molecule has 0 aliphatic carbocycles. The van der Waals surface area contributed by atoms with Crippen LogP contribution in [0.5, 0.6) is 0 Å². The number of halogens is 1. The fourth-order valence-electron chi connectivity index (χ4n) is 3.03. The number of H-pyrrole nitrogens is 1. The molecule has 1 fully saturated rings. The lowest BCUT2D eigenvalue weighted by atomic mass is 10.0. The van der Waals surface area contributed by atoms with Gasteiger partial charge in [-0.1, -0.05) is 18.2 Å². The molecule has 1 N–H and O–H groups in total. The normalized spacial score (nSPS) is 18.2. The number of fused-ring (bicyclic) bond motifs is 1. The van der Waals surface area contributed by atoms with Crippen LogP contribution in [0.3, 0.4) is 0 Å². The maximum Gasteiger partial charge on any atom is 0.410 e. The van der Waals surface area contributed by atoms with Crippen molar-refractivity contribution >= 4 is 16.9 Å². The van der Waals surface area contributed by atoms with Crippen molar-refractivity contribution in [3.63, 3.8) is 0 Å². The molecule has 0 spiro atoms. The summed E-state index contributed by atoms with van der Waals surface area (Å²) in [4.78, 5) is 28.5. The smallest absolute Gasteiger partial charge is 0.410 e. The monoisotopic (exact) mass is 332 g/mol. The molecule has 24 heavy (non-hydrogen) atoms. The van der Waals surface area contributed by atoms with E-state index in [1.165, 1.54) is 0 Å². The molecule has 0 saturated carbocycles. The molecule has 1 aromatic carbocycles. The van der Waals surface area contributed by atoms with E-state index in [2.05, 4.69) is 4.98 Å². The van der Waals surface area contributed by atoms with Gasteiger partial charge in [-0.25, -0.2) is 9.18 Å². The van der Waals surface area contributed by atoms with Crippen LogP contribution < -0.4 is 5.56 Å². The number of carbonyl (C=O) groups is 1. The van der Waals surface area contributed by atoms with E-state index in [0.717, 1.165) is 0 Å². The van der Waals surface area contributed by atoms with Crippen molar-refractivity contribution < 1.29 is 13.9 Å². The molecule has 128 valence electrons. The Hall–Kier alpha value is -2.37. The minimum atomic E-state index is -0.572. The molecule has 5 nitrogen and oxygen atoms in total. The van der Waals surface area contributed by atoms with Gasteiger partial charge in [0.25, 0.3) is 5.56 Å². The number of nitrogens with zero attached hydrogens (tertiary/aromatic N) is 1. The van der Waals surface area contributed by atoms with Crippen molar-refractivity contribution in [3.05, 3.63) is 46.1 Å². The second-order valence-electron chi connectivity index (χ2n) is 7.14. The van der Waals surface area contributed by atoms with Crippen LogP contribution in [0.15, 0.2) is 29.1 Å². The molecule has 2 aromatic rings. The highest BCUT2D eigenvalue weighted by atomic mass is 19.1. The van der Waals surface area contributed by atoms with Gasteiger partial charge in [0.2, 0.25) is 0 Å². The SMILES string of the molecule is CC(C)(C)OC(=O)N1CCC(c2[nH]c(=O)c3ccccc3c2F)C1. The Labute approximate surface area is 139 Å². The van der Waals surface area contributed by atoms with Gasteiger partial charge < -0.3 is 14.6 Å². The number of aromatic amines is 1. The molecule has 1 unspecified atom stereocenters. The lowest BCUT2D eigenvalue weighted by Crippen LogP contribution is -2.35. The highest BCUT2D eigenvalue weighted by molar-refractivity contribution is 5.82. The summed E-state index contributed by atoms with van der Waals surface area (Å²) in [5.74, 6) is -0.656. The Balaban J connectivity index is 1.86. The Morgan fingerprint density at radius 2 is 1.96 bits per heavy atom. The molecule has 0 radical (unpaired) electrons. The molecule has 1 atom stereocenters. The van der Waals surface area contributed by atoms with Gasteiger partial charge in [0.1, 0.15) is 5.60 Å². The number of nitrogens with one attached hydrogen (secondary N) is 1. The van der Waals surface area contributed by atoms with Crippen LogP contribution in [0.2, 0.25) is 0 Å². The summed E-state index contributed by atoms with van der Waals surface area (Å²) in [6, 6.07) is 6.61. The van der Waals surface area contributed by atoms with E-state index in [1.54, 1.807) is 49.9 Å². The zero-order valence-electron chi connectivity index (χ0n) is 14.1. The second kappa shape index (κ2) is 5.92. The number of ether oxygens (including phenoxy) is 1. The third-order valence-corrected chi connectivity index (χ3v) is 4.14. The number of hydrogen-bond acceptors (Lipinski definition) is 3. The van der Waals surface area contributed by atoms with Gasteiger partial charge in [0.05, 0.1) is 5.69 Å². The van der Waals surface area contributed by atoms with Gasteiger partial charge in [0, 0.05) is 29.8 Å². The fraction of sp³-hybridized carbons (Fsp3) is 0.444. The van der Waals surface area contributed by atoms with E-state index >= 15 is 0 Å². The first kappa shape index (κ1) is 16.5. The fourth-order valence-corrected chi connectivity index (χ4v) is 3.03. The number of benzene rings is 1. The Bertz CT molecular complexity index is 838. The number of likely N-dealkylation sites (tertiary alicyclic amines) is 1. The highest BCUT2D eigenvalue weighted by Crippen LogP contribution is 2.30. The van der Waals surface area contributed by atoms with Crippen LogP contribution in [-0.4, -0.2) is 34.7 Å². The van der Waals surface area contributed by atoms with Crippen molar-refractivity contribution in [2.24, 2.45) is 0 Å². The Kier molecular flexibility index (Phi) is 4.07. The van der Waals surface area contributed by atoms with E-state index in [-0.39, 0.29) is 17.2 Å². The van der Waals surface area contributed by atoms with Crippen molar-refractivity contribution in [2.75, 3.05) is 13.1 Å². The number of pyridine rings is 1. The van der Waals surface area contributed by atoms with Gasteiger partial charge in [0.15, 0.2) is 5.82 Å². The first-order chi connectivity index (χ1) is 11.3. The Morgan fingerprint density at radius 3 is 2.62 bits per heavy atom. The Morgan fingerprint density at radius 1 is 1.29 bits per heavy atom. The second-order valence-corrected chi connectivity index (χ2v) is 7.14. The number of rotatable bonds is 1. The molecule has 1 aliphatic rings. The molecule has 1 amide bonds. The molecule has 6 heteroatoms. The molecular weight excluding hydrogens is 311 g/mol. The minimum Gasteiger partial charge on any atom is -0.444 e. The van der Waals surface area contributed by atoms with Crippen LogP contribution >= 0.6 is 0 Å². The third-order valence-electron chi connectivity index (χ3n) is 4.14. The summed E-state index contributed by atoms with van der Waals surface area (Å²) < 4.78 is 20.1. The minimum absolute atomic E-state index is 0.241. The van der Waals surface area contributed by atoms with Crippen LogP contribution in [0.25, 0.3) is 10.8 Å². The molecule has 1 aromatic heterocycles. The molecule has 2 heterocycles. The zero-order chi connectivity index (χ0) is 17.5.